The summed E-state index contributed by atoms with van der Waals surface area (Å²) in [6.07, 6.45) is -70.2. The number of rotatable bonds is 7. The van der Waals surface area contributed by atoms with Gasteiger partial charge in [0.15, 0.2) is 44.0 Å². The summed E-state index contributed by atoms with van der Waals surface area (Å²) in [6.45, 7) is -7.33. The zero-order chi connectivity index (χ0) is 56.1. The Morgan fingerprint density at radius 2 is 0.260 bits per heavy atom. The third kappa shape index (κ3) is 12.1. The van der Waals surface area contributed by atoms with E-state index < -0.39 is 261 Å². The first-order valence-electron chi connectivity index (χ1n) is 24.6. The average molecular weight is 1130 g/mol. The van der Waals surface area contributed by atoms with E-state index >= 15 is 0 Å². The Hall–Kier alpha value is -1.40. The van der Waals surface area contributed by atoms with Crippen LogP contribution in [0.2, 0.25) is 0 Å². The van der Waals surface area contributed by atoms with E-state index in [1.54, 1.807) is 0 Å². The van der Waals surface area contributed by atoms with Crippen molar-refractivity contribution >= 4 is 0 Å². The Labute approximate surface area is 434 Å². The van der Waals surface area contributed by atoms with E-state index in [4.69, 9.17) is 66.3 Å². The molecule has 0 aliphatic carbocycles. The fourth-order valence-corrected chi connectivity index (χ4v) is 10.4. The lowest BCUT2D eigenvalue weighted by atomic mass is 9.95. The second-order valence-electron chi connectivity index (χ2n) is 19.7. The second-order valence-corrected chi connectivity index (χ2v) is 19.7. The number of ether oxygens (including phenoxy) is 14. The van der Waals surface area contributed by atoms with Crippen LogP contribution in [0, 0.1) is 0 Å². The van der Waals surface area contributed by atoms with Gasteiger partial charge < -0.3 is 174 Å². The standard InChI is InChI=1S/C42H70O35/c43-1-8-29-15(50)22(57)36(64-8)72-30-9(2-44)66-38(24(59)17(30)52)74-32-11(4-46)68-40(26(61)19(32)54)76-34-13(6-48)70-42(28(63)21(34)56)77-35-14(7-49)69-41(27(62)20(35)55)75-33-12(5-47)67-39(25(60)18(33)53)73-31-10(3-45)65-37(71-29)23(58)16(31)51/h8-63H,1-7H2/t8-,9-,10-,11-,12-,13-,14-,15-,16-,17-,18-,19+,20+,21+,22-,23-,24-,25-,26+,27-,28+,29-,30-,31-,32-,33-,34-,35-,36-,37-,38-,39-,40-,41-,42-/m1/s1. The van der Waals surface area contributed by atoms with E-state index in [1.165, 1.54) is 0 Å². The SMILES string of the molecule is OC[C@H]1O[C@@H]2O[C@H]3[C@H](O)[C@@H](O)[C@@H](O[C@H]4[C@@H](O)[C@H](O)[C@@H](O[C@H]5[C@@H](O)[C@H](O)[C@@H](O[C@H]6[C@@H](O)[C@@H](O)[C@@H](O[C@H]7[C@H](O)[C@@H](O)[C@@H](O[C@H]8[C@H](O)[C@@H](O)[C@@H](O[C@H]1[C@H](O)[C@H]2O)O[C@@H]8CO)O[C@@H]7CO)O[C@@H]6CO)O[C@@H]5CO)O[C@@H]4CO)O[C@@H]3CO. The third-order valence-corrected chi connectivity index (χ3v) is 14.8. The van der Waals surface area contributed by atoms with Crippen molar-refractivity contribution in [2.45, 2.75) is 215 Å². The summed E-state index contributed by atoms with van der Waals surface area (Å²) in [7, 11) is 0. The Kier molecular flexibility index (Phi) is 20.8. The zero-order valence-electron chi connectivity index (χ0n) is 40.3. The predicted octanol–water partition coefficient (Wildman–Crippen LogP) is -15.2. The lowest BCUT2D eigenvalue weighted by Gasteiger charge is -2.50. The van der Waals surface area contributed by atoms with Crippen molar-refractivity contribution in [2.24, 2.45) is 0 Å². The van der Waals surface area contributed by atoms with Crippen LogP contribution in [0.3, 0.4) is 0 Å². The van der Waals surface area contributed by atoms with E-state index in [2.05, 4.69) is 0 Å². The van der Waals surface area contributed by atoms with E-state index in [9.17, 15) is 107 Å². The second kappa shape index (κ2) is 26.0. The lowest BCUT2D eigenvalue weighted by molar-refractivity contribution is -0.396. The molecule has 0 aromatic heterocycles. The highest BCUT2D eigenvalue weighted by Gasteiger charge is 2.59. The monoisotopic (exact) mass is 1130 g/mol. The third-order valence-electron chi connectivity index (χ3n) is 14.8. The fourth-order valence-electron chi connectivity index (χ4n) is 10.4. The summed E-state index contributed by atoms with van der Waals surface area (Å²) in [6, 6.07) is 0. The molecule has 0 saturated carbocycles. The van der Waals surface area contributed by atoms with Gasteiger partial charge in [0, 0.05) is 0 Å². The molecular formula is C42H70O35. The molecule has 21 heterocycles. The van der Waals surface area contributed by atoms with Crippen molar-refractivity contribution in [3.05, 3.63) is 0 Å². The number of aliphatic hydroxyl groups excluding tert-OH is 21. The van der Waals surface area contributed by atoms with Gasteiger partial charge in [0.2, 0.25) is 0 Å². The molecule has 77 heavy (non-hydrogen) atoms. The van der Waals surface area contributed by atoms with Gasteiger partial charge in [-0.15, -0.1) is 0 Å². The molecule has 0 radical (unpaired) electrons. The summed E-state index contributed by atoms with van der Waals surface area (Å²) in [5.74, 6) is 0. The maximum atomic E-state index is 11.3. The molecule has 448 valence electrons. The largest absolute Gasteiger partial charge is 0.394 e. The highest BCUT2D eigenvalue weighted by molar-refractivity contribution is 5.01. The Morgan fingerprint density at radius 3 is 0.351 bits per heavy atom. The molecule has 21 fully saturated rings. The first-order chi connectivity index (χ1) is 36.7. The van der Waals surface area contributed by atoms with Crippen molar-refractivity contribution in [1.29, 1.82) is 0 Å². The molecule has 21 aliphatic heterocycles. The van der Waals surface area contributed by atoms with Crippen LogP contribution in [-0.2, 0) is 66.3 Å². The van der Waals surface area contributed by atoms with E-state index in [-0.39, 0.29) is 0 Å². The summed E-state index contributed by atoms with van der Waals surface area (Å²) in [5.41, 5.74) is 0. The van der Waals surface area contributed by atoms with Crippen molar-refractivity contribution in [3.63, 3.8) is 0 Å². The van der Waals surface area contributed by atoms with Crippen molar-refractivity contribution < 1.29 is 174 Å². The minimum Gasteiger partial charge on any atom is -0.394 e. The van der Waals surface area contributed by atoms with Crippen molar-refractivity contribution in [3.8, 4) is 0 Å². The molecule has 21 saturated heterocycles. The highest BCUT2D eigenvalue weighted by Crippen LogP contribution is 2.39. The maximum absolute atomic E-state index is 11.3. The van der Waals surface area contributed by atoms with Gasteiger partial charge in [0.25, 0.3) is 0 Å². The van der Waals surface area contributed by atoms with Crippen LogP contribution in [0.25, 0.3) is 0 Å². The Morgan fingerprint density at radius 1 is 0.156 bits per heavy atom. The molecule has 21 aliphatic rings. The Balaban J connectivity index is 1.08. The van der Waals surface area contributed by atoms with Crippen LogP contribution in [0.15, 0.2) is 0 Å². The van der Waals surface area contributed by atoms with Gasteiger partial charge in [-0.2, -0.15) is 0 Å². The number of hydrogen-bond donors (Lipinski definition) is 21. The molecule has 21 N–H and O–H groups in total. The lowest BCUT2D eigenvalue weighted by Crippen LogP contribution is -2.68. The molecule has 0 aromatic rings. The first-order valence-corrected chi connectivity index (χ1v) is 24.6. The van der Waals surface area contributed by atoms with E-state index in [0.717, 1.165) is 0 Å². The van der Waals surface area contributed by atoms with Crippen LogP contribution in [0.5, 0.6) is 0 Å². The molecule has 0 amide bonds. The zero-order valence-corrected chi connectivity index (χ0v) is 40.3. The molecule has 21 rings (SSSR count). The van der Waals surface area contributed by atoms with Crippen LogP contribution < -0.4 is 0 Å². The van der Waals surface area contributed by atoms with Gasteiger partial charge in [-0.25, -0.2) is 0 Å². The smallest absolute Gasteiger partial charge is 0.187 e. The molecule has 0 spiro atoms. The maximum Gasteiger partial charge on any atom is 0.187 e. The number of hydrogen-bond acceptors (Lipinski definition) is 35. The van der Waals surface area contributed by atoms with E-state index in [1.807, 2.05) is 0 Å². The summed E-state index contributed by atoms with van der Waals surface area (Å²) >= 11 is 0. The molecule has 35 nitrogen and oxygen atoms in total. The minimum absolute atomic E-state index is 1.05. The van der Waals surface area contributed by atoms with Gasteiger partial charge in [-0.1, -0.05) is 0 Å². The molecule has 14 bridgehead atoms. The van der Waals surface area contributed by atoms with Crippen LogP contribution in [-0.4, -0.2) is 368 Å². The molecule has 0 unspecified atom stereocenters. The summed E-state index contributed by atoms with van der Waals surface area (Å²) in [4.78, 5) is 0. The van der Waals surface area contributed by atoms with Gasteiger partial charge in [-0.05, 0) is 0 Å². The molecule has 35 heteroatoms. The number of aliphatic hydroxyl groups is 21. The van der Waals surface area contributed by atoms with Gasteiger partial charge in [0.05, 0.1) is 46.2 Å². The van der Waals surface area contributed by atoms with Crippen molar-refractivity contribution in [1.82, 2.24) is 0 Å². The van der Waals surface area contributed by atoms with Gasteiger partial charge in [-0.3, -0.25) is 0 Å². The highest BCUT2D eigenvalue weighted by atomic mass is 16.8. The predicted molar refractivity (Wildman–Crippen MR) is 228 cm³/mol. The first kappa shape index (κ1) is 61.7. The summed E-state index contributed by atoms with van der Waals surface area (Å²) < 4.78 is 79.5. The van der Waals surface area contributed by atoms with Crippen LogP contribution >= 0.6 is 0 Å². The fraction of sp³-hybridized carbons (Fsp3) is 1.00. The topological polar surface area (TPSA) is 554 Å². The molecule has 35 atom stereocenters. The Bertz CT molecular complexity index is 1470. The summed E-state index contributed by atoms with van der Waals surface area (Å²) in [5, 5.41) is 230. The molecular weight excluding hydrogens is 1060 g/mol. The molecule has 0 aromatic carbocycles. The average Bonchev–Trinajstić information content (AvgIpc) is 3.45. The van der Waals surface area contributed by atoms with E-state index in [0.29, 0.717) is 0 Å². The quantitative estimate of drug-likeness (QED) is 0.113. The minimum atomic E-state index is -2.21. The van der Waals surface area contributed by atoms with Crippen LogP contribution in [0.4, 0.5) is 0 Å². The van der Waals surface area contributed by atoms with Crippen LogP contribution in [0.1, 0.15) is 0 Å². The normalized spacial score (nSPS) is 55.4. The van der Waals surface area contributed by atoms with Gasteiger partial charge >= 0.3 is 0 Å². The van der Waals surface area contributed by atoms with Crippen molar-refractivity contribution in [2.75, 3.05) is 46.2 Å². The van der Waals surface area contributed by atoms with Gasteiger partial charge in [0.1, 0.15) is 171 Å².